The van der Waals surface area contributed by atoms with E-state index in [2.05, 4.69) is 19.9 Å². The molecule has 1 atom stereocenters. The van der Waals surface area contributed by atoms with Crippen molar-refractivity contribution in [2.24, 2.45) is 0 Å². The molecule has 0 bridgehead atoms. The Hall–Kier alpha value is -3.26. The Morgan fingerprint density at radius 1 is 1.20 bits per heavy atom. The molecule has 1 aliphatic rings. The van der Waals surface area contributed by atoms with Crippen molar-refractivity contribution in [3.8, 4) is 11.5 Å². The standard InChI is InChI=1S/C22H24N4O4/c1-27-18-9-16-17(10-19(18)28-2)25-21-20(16)23-13-24-22(21)26(11-14-5-3-7-29-14)12-15-6-4-8-30-15/h3,5,7,9-10,13,15,25H,4,6,8,11-12H2,1-2H3. The van der Waals surface area contributed by atoms with Crippen LogP contribution >= 0.6 is 0 Å². The van der Waals surface area contributed by atoms with Gasteiger partial charge in [0.25, 0.3) is 0 Å². The molecule has 0 amide bonds. The number of H-pyrrole nitrogens is 1. The van der Waals surface area contributed by atoms with E-state index < -0.39 is 0 Å². The number of furan rings is 1. The van der Waals surface area contributed by atoms with Crippen molar-refractivity contribution in [3.05, 3.63) is 42.6 Å². The van der Waals surface area contributed by atoms with Crippen LogP contribution in [0, 0.1) is 0 Å². The van der Waals surface area contributed by atoms with E-state index in [0.717, 1.165) is 59.5 Å². The molecule has 3 aromatic heterocycles. The molecule has 1 aliphatic heterocycles. The van der Waals surface area contributed by atoms with Gasteiger partial charge in [-0.2, -0.15) is 0 Å². The van der Waals surface area contributed by atoms with Crippen LogP contribution in [0.3, 0.4) is 0 Å². The molecule has 0 aliphatic carbocycles. The maximum atomic E-state index is 5.90. The zero-order valence-electron chi connectivity index (χ0n) is 17.1. The highest BCUT2D eigenvalue weighted by Gasteiger charge is 2.24. The number of aromatic nitrogens is 3. The number of methoxy groups -OCH3 is 2. The van der Waals surface area contributed by atoms with Crippen LogP contribution in [0.2, 0.25) is 0 Å². The number of hydrogen-bond acceptors (Lipinski definition) is 7. The first-order chi connectivity index (χ1) is 14.8. The molecule has 0 spiro atoms. The van der Waals surface area contributed by atoms with Crippen LogP contribution < -0.4 is 14.4 Å². The zero-order valence-corrected chi connectivity index (χ0v) is 17.1. The van der Waals surface area contributed by atoms with Crippen LogP contribution in [0.15, 0.2) is 41.3 Å². The van der Waals surface area contributed by atoms with Crippen molar-refractivity contribution in [2.75, 3.05) is 32.3 Å². The lowest BCUT2D eigenvalue weighted by molar-refractivity contribution is 0.115. The Morgan fingerprint density at radius 2 is 2.07 bits per heavy atom. The first-order valence-electron chi connectivity index (χ1n) is 10.0. The SMILES string of the molecule is COc1cc2[nH]c3c(N(Cc4ccco4)CC4CCCO4)ncnc3c2cc1OC. The molecular weight excluding hydrogens is 384 g/mol. The Labute approximate surface area is 173 Å². The van der Waals surface area contributed by atoms with Crippen molar-refractivity contribution in [3.63, 3.8) is 0 Å². The fourth-order valence-electron chi connectivity index (χ4n) is 4.10. The molecule has 4 heterocycles. The molecule has 1 fully saturated rings. The molecule has 8 nitrogen and oxygen atoms in total. The highest BCUT2D eigenvalue weighted by molar-refractivity contribution is 6.09. The van der Waals surface area contributed by atoms with Gasteiger partial charge in [0.15, 0.2) is 17.3 Å². The fraction of sp³-hybridized carbons (Fsp3) is 0.364. The summed E-state index contributed by atoms with van der Waals surface area (Å²) >= 11 is 0. The molecule has 1 aromatic carbocycles. The van der Waals surface area contributed by atoms with Crippen LogP contribution in [0.5, 0.6) is 11.5 Å². The van der Waals surface area contributed by atoms with Crippen LogP contribution in [0.1, 0.15) is 18.6 Å². The summed E-state index contributed by atoms with van der Waals surface area (Å²) in [7, 11) is 3.26. The van der Waals surface area contributed by atoms with Gasteiger partial charge >= 0.3 is 0 Å². The van der Waals surface area contributed by atoms with E-state index in [-0.39, 0.29) is 6.10 Å². The fourth-order valence-corrected chi connectivity index (χ4v) is 4.10. The number of rotatable bonds is 7. The third kappa shape index (κ3) is 3.33. The lowest BCUT2D eigenvalue weighted by Crippen LogP contribution is -2.32. The molecule has 1 N–H and O–H groups in total. The van der Waals surface area contributed by atoms with Gasteiger partial charge in [-0.05, 0) is 31.0 Å². The van der Waals surface area contributed by atoms with E-state index in [0.29, 0.717) is 18.0 Å². The van der Waals surface area contributed by atoms with Crippen molar-refractivity contribution in [1.29, 1.82) is 0 Å². The summed E-state index contributed by atoms with van der Waals surface area (Å²) in [5.41, 5.74) is 2.62. The van der Waals surface area contributed by atoms with Crippen molar-refractivity contribution < 1.29 is 18.6 Å². The largest absolute Gasteiger partial charge is 0.493 e. The second-order valence-corrected chi connectivity index (χ2v) is 7.39. The summed E-state index contributed by atoms with van der Waals surface area (Å²) in [6.07, 6.45) is 5.60. The number of aromatic amines is 1. The van der Waals surface area contributed by atoms with E-state index >= 15 is 0 Å². The van der Waals surface area contributed by atoms with Gasteiger partial charge in [0, 0.05) is 24.6 Å². The zero-order chi connectivity index (χ0) is 20.5. The molecule has 5 rings (SSSR count). The number of nitrogens with one attached hydrogen (secondary N) is 1. The summed E-state index contributed by atoms with van der Waals surface area (Å²) in [6.45, 7) is 2.14. The molecule has 30 heavy (non-hydrogen) atoms. The summed E-state index contributed by atoms with van der Waals surface area (Å²) in [4.78, 5) is 14.9. The highest BCUT2D eigenvalue weighted by atomic mass is 16.5. The Bertz CT molecular complexity index is 1150. The molecule has 4 aromatic rings. The minimum atomic E-state index is 0.176. The van der Waals surface area contributed by atoms with Gasteiger partial charge < -0.3 is 28.5 Å². The number of nitrogens with zero attached hydrogens (tertiary/aromatic N) is 3. The predicted molar refractivity (Wildman–Crippen MR) is 113 cm³/mol. The molecule has 1 unspecified atom stereocenters. The third-order valence-electron chi connectivity index (χ3n) is 5.54. The van der Waals surface area contributed by atoms with Crippen molar-refractivity contribution in [2.45, 2.75) is 25.5 Å². The first kappa shape index (κ1) is 18.7. The molecule has 0 saturated carbocycles. The lowest BCUT2D eigenvalue weighted by atomic mass is 10.2. The summed E-state index contributed by atoms with van der Waals surface area (Å²) < 4.78 is 22.4. The third-order valence-corrected chi connectivity index (χ3v) is 5.54. The average Bonchev–Trinajstić information content (AvgIpc) is 3.53. The van der Waals surface area contributed by atoms with Crippen LogP contribution in [-0.2, 0) is 11.3 Å². The van der Waals surface area contributed by atoms with Gasteiger partial charge in [0.1, 0.15) is 23.1 Å². The van der Waals surface area contributed by atoms with Crippen molar-refractivity contribution >= 4 is 27.8 Å². The second kappa shape index (κ2) is 7.87. The summed E-state index contributed by atoms with van der Waals surface area (Å²) in [6, 6.07) is 7.75. The minimum Gasteiger partial charge on any atom is -0.493 e. The van der Waals surface area contributed by atoms with E-state index in [4.69, 9.17) is 18.6 Å². The number of anilines is 1. The second-order valence-electron chi connectivity index (χ2n) is 7.39. The van der Waals surface area contributed by atoms with Gasteiger partial charge in [0.05, 0.1) is 38.6 Å². The van der Waals surface area contributed by atoms with E-state index in [9.17, 15) is 0 Å². The summed E-state index contributed by atoms with van der Waals surface area (Å²) in [5.74, 6) is 3.02. The van der Waals surface area contributed by atoms with Gasteiger partial charge in [-0.1, -0.05) is 0 Å². The monoisotopic (exact) mass is 408 g/mol. The Balaban J connectivity index is 1.62. The topological polar surface area (TPSA) is 85.6 Å². The quantitative estimate of drug-likeness (QED) is 0.496. The molecular formula is C22H24N4O4. The van der Waals surface area contributed by atoms with Crippen molar-refractivity contribution in [1.82, 2.24) is 15.0 Å². The highest BCUT2D eigenvalue weighted by Crippen LogP contribution is 2.37. The average molecular weight is 408 g/mol. The van der Waals surface area contributed by atoms with Gasteiger partial charge in [0.2, 0.25) is 0 Å². The first-order valence-corrected chi connectivity index (χ1v) is 10.0. The Morgan fingerprint density at radius 3 is 2.80 bits per heavy atom. The van der Waals surface area contributed by atoms with Crippen LogP contribution in [0.25, 0.3) is 21.9 Å². The maximum absolute atomic E-state index is 5.90. The lowest BCUT2D eigenvalue weighted by Gasteiger charge is -2.25. The van der Waals surface area contributed by atoms with Crippen LogP contribution in [-0.4, -0.2) is 48.4 Å². The van der Waals surface area contributed by atoms with E-state index in [1.807, 2.05) is 24.3 Å². The number of benzene rings is 1. The van der Waals surface area contributed by atoms with Gasteiger partial charge in [-0.25, -0.2) is 9.97 Å². The number of fused-ring (bicyclic) bond motifs is 3. The van der Waals surface area contributed by atoms with E-state index in [1.165, 1.54) is 0 Å². The maximum Gasteiger partial charge on any atom is 0.162 e. The minimum absolute atomic E-state index is 0.176. The summed E-state index contributed by atoms with van der Waals surface area (Å²) in [5, 5.41) is 0.960. The molecule has 8 heteroatoms. The predicted octanol–water partition coefficient (Wildman–Crippen LogP) is 3.91. The Kier molecular flexibility index (Phi) is 4.92. The smallest absolute Gasteiger partial charge is 0.162 e. The molecule has 0 radical (unpaired) electrons. The van der Waals surface area contributed by atoms with Gasteiger partial charge in [-0.3, -0.25) is 0 Å². The van der Waals surface area contributed by atoms with Gasteiger partial charge in [-0.15, -0.1) is 0 Å². The number of ether oxygens (including phenoxy) is 3. The number of hydrogen-bond donors (Lipinski definition) is 1. The van der Waals surface area contributed by atoms with E-state index in [1.54, 1.807) is 26.8 Å². The molecule has 156 valence electrons. The normalized spacial score (nSPS) is 16.4. The van der Waals surface area contributed by atoms with Crippen LogP contribution in [0.4, 0.5) is 5.82 Å². The molecule has 1 saturated heterocycles.